The van der Waals surface area contributed by atoms with E-state index >= 15 is 0 Å². The molecule has 1 unspecified atom stereocenters. The van der Waals surface area contributed by atoms with E-state index in [1.807, 2.05) is 0 Å². The highest BCUT2D eigenvalue weighted by molar-refractivity contribution is 6.37. The van der Waals surface area contributed by atoms with E-state index in [0.29, 0.717) is 27.7 Å². The van der Waals surface area contributed by atoms with Crippen LogP contribution >= 0.6 is 23.2 Å². The van der Waals surface area contributed by atoms with Gasteiger partial charge in [0.25, 0.3) is 0 Å². The molecule has 0 saturated heterocycles. The molecule has 4 nitrogen and oxygen atoms in total. The number of nitrogens with two attached hydrogens (primary N) is 1. The molecule has 1 aromatic heterocycles. The fourth-order valence-corrected chi connectivity index (χ4v) is 3.06. The molecule has 0 spiro atoms. The third-order valence-corrected chi connectivity index (χ3v) is 4.46. The number of anilines is 2. The molecule has 106 valence electrons. The van der Waals surface area contributed by atoms with Crippen LogP contribution < -0.4 is 16.6 Å². The van der Waals surface area contributed by atoms with Crippen LogP contribution in [0.25, 0.3) is 0 Å². The minimum Gasteiger partial charge on any atom is -0.365 e. The van der Waals surface area contributed by atoms with Crippen LogP contribution in [0.2, 0.25) is 10.0 Å². The third-order valence-electron chi connectivity index (χ3n) is 3.88. The summed E-state index contributed by atoms with van der Waals surface area (Å²) in [6, 6.07) is 2.02. The van der Waals surface area contributed by atoms with Crippen molar-refractivity contribution in [3.8, 4) is 0 Å². The van der Waals surface area contributed by atoms with E-state index < -0.39 is 0 Å². The highest BCUT2D eigenvalue weighted by atomic mass is 35.5. The van der Waals surface area contributed by atoms with Crippen molar-refractivity contribution in [2.45, 2.75) is 45.6 Å². The number of nitrogen functional groups attached to an aromatic ring is 1. The summed E-state index contributed by atoms with van der Waals surface area (Å²) in [6.07, 6.45) is 4.84. The van der Waals surface area contributed by atoms with Crippen molar-refractivity contribution >= 4 is 34.8 Å². The molecule has 1 aliphatic carbocycles. The predicted molar refractivity (Wildman–Crippen MR) is 81.7 cm³/mol. The fraction of sp³-hybridized carbons (Fsp3) is 0.615. The molecule has 0 amide bonds. The van der Waals surface area contributed by atoms with Gasteiger partial charge in [0, 0.05) is 6.04 Å². The predicted octanol–water partition coefficient (Wildman–Crippen LogP) is 4.05. The molecular weight excluding hydrogens is 283 g/mol. The Bertz CT molecular complexity index is 462. The van der Waals surface area contributed by atoms with Crippen LogP contribution in [-0.2, 0) is 0 Å². The summed E-state index contributed by atoms with van der Waals surface area (Å²) in [4.78, 5) is 4.34. The molecule has 1 heterocycles. The second-order valence-corrected chi connectivity index (χ2v) is 6.54. The van der Waals surface area contributed by atoms with Crippen LogP contribution in [0.5, 0.6) is 0 Å². The van der Waals surface area contributed by atoms with Crippen LogP contribution in [0.1, 0.15) is 39.5 Å². The Balaban J connectivity index is 2.23. The van der Waals surface area contributed by atoms with Crippen LogP contribution in [0.15, 0.2) is 6.07 Å². The van der Waals surface area contributed by atoms with E-state index in [4.69, 9.17) is 29.0 Å². The standard InChI is InChI=1S/C13H20Cl2N4/c1-13(2)6-4-3-5-10(13)17-11-8(14)7-9(15)12(18-11)19-16/h7,10H,3-6,16H2,1-2H3,(H2,17,18,19). The number of hydrogen-bond donors (Lipinski definition) is 3. The maximum Gasteiger partial charge on any atom is 0.161 e. The lowest BCUT2D eigenvalue weighted by atomic mass is 9.73. The zero-order valence-electron chi connectivity index (χ0n) is 11.3. The molecule has 0 radical (unpaired) electrons. The minimum absolute atomic E-state index is 0.235. The van der Waals surface area contributed by atoms with Gasteiger partial charge in [0.05, 0.1) is 10.0 Å². The van der Waals surface area contributed by atoms with Gasteiger partial charge in [-0.25, -0.2) is 10.8 Å². The van der Waals surface area contributed by atoms with Gasteiger partial charge in [0.1, 0.15) is 5.82 Å². The second kappa shape index (κ2) is 5.73. The number of halogens is 2. The van der Waals surface area contributed by atoms with Crippen molar-refractivity contribution in [1.29, 1.82) is 0 Å². The molecule has 0 aliphatic heterocycles. The minimum atomic E-state index is 0.235. The fourth-order valence-electron chi connectivity index (χ4n) is 2.60. The summed E-state index contributed by atoms with van der Waals surface area (Å²) in [7, 11) is 0. The highest BCUT2D eigenvalue weighted by Gasteiger charge is 2.32. The van der Waals surface area contributed by atoms with E-state index in [0.717, 1.165) is 6.42 Å². The number of hydrogen-bond acceptors (Lipinski definition) is 4. The van der Waals surface area contributed by atoms with E-state index in [2.05, 4.69) is 29.6 Å². The molecule has 1 atom stereocenters. The van der Waals surface area contributed by atoms with Crippen molar-refractivity contribution in [2.75, 3.05) is 10.7 Å². The van der Waals surface area contributed by atoms with Gasteiger partial charge in [0.2, 0.25) is 0 Å². The monoisotopic (exact) mass is 302 g/mol. The molecule has 0 aromatic carbocycles. The molecule has 6 heteroatoms. The normalized spacial score (nSPS) is 22.1. The van der Waals surface area contributed by atoms with Gasteiger partial charge in [-0.05, 0) is 24.3 Å². The smallest absolute Gasteiger partial charge is 0.161 e. The first-order valence-corrected chi connectivity index (χ1v) is 7.29. The molecule has 1 saturated carbocycles. The summed E-state index contributed by atoms with van der Waals surface area (Å²) in [5.41, 5.74) is 2.71. The Hall–Kier alpha value is -0.710. The number of hydrazine groups is 1. The second-order valence-electron chi connectivity index (χ2n) is 5.72. The maximum atomic E-state index is 6.19. The van der Waals surface area contributed by atoms with Crippen LogP contribution in [0, 0.1) is 5.41 Å². The van der Waals surface area contributed by atoms with Crippen LogP contribution in [0.4, 0.5) is 11.6 Å². The summed E-state index contributed by atoms with van der Waals surface area (Å²) in [5.74, 6) is 6.46. The topological polar surface area (TPSA) is 63.0 Å². The van der Waals surface area contributed by atoms with Crippen molar-refractivity contribution in [1.82, 2.24) is 4.98 Å². The largest absolute Gasteiger partial charge is 0.365 e. The first kappa shape index (κ1) is 14.7. The van der Waals surface area contributed by atoms with E-state index in [9.17, 15) is 0 Å². The molecule has 4 N–H and O–H groups in total. The van der Waals surface area contributed by atoms with E-state index in [1.165, 1.54) is 19.3 Å². The average molecular weight is 303 g/mol. The molecule has 0 bridgehead atoms. The Morgan fingerprint density at radius 2 is 1.95 bits per heavy atom. The van der Waals surface area contributed by atoms with Crippen LogP contribution in [-0.4, -0.2) is 11.0 Å². The van der Waals surface area contributed by atoms with Crippen molar-refractivity contribution < 1.29 is 0 Å². The Kier molecular flexibility index (Phi) is 4.43. The number of nitrogens with one attached hydrogen (secondary N) is 2. The first-order valence-electron chi connectivity index (χ1n) is 6.53. The van der Waals surface area contributed by atoms with E-state index in [-0.39, 0.29) is 5.41 Å². The molecule has 19 heavy (non-hydrogen) atoms. The van der Waals surface area contributed by atoms with Gasteiger partial charge in [0.15, 0.2) is 5.82 Å². The number of nitrogens with zero attached hydrogens (tertiary/aromatic N) is 1. The zero-order valence-corrected chi connectivity index (χ0v) is 12.8. The summed E-state index contributed by atoms with van der Waals surface area (Å²) in [6.45, 7) is 4.55. The Labute approximate surface area is 124 Å². The Morgan fingerprint density at radius 1 is 1.26 bits per heavy atom. The molecular formula is C13H20Cl2N4. The Morgan fingerprint density at radius 3 is 2.58 bits per heavy atom. The summed E-state index contributed by atoms with van der Waals surface area (Å²) in [5, 5.41) is 4.38. The van der Waals surface area contributed by atoms with Gasteiger partial charge < -0.3 is 10.7 Å². The van der Waals surface area contributed by atoms with Gasteiger partial charge in [-0.3, -0.25) is 0 Å². The lowest BCUT2D eigenvalue weighted by molar-refractivity contribution is 0.216. The van der Waals surface area contributed by atoms with Gasteiger partial charge in [-0.1, -0.05) is 49.9 Å². The van der Waals surface area contributed by atoms with Gasteiger partial charge in [-0.2, -0.15) is 0 Å². The van der Waals surface area contributed by atoms with Crippen LogP contribution in [0.3, 0.4) is 0 Å². The lowest BCUT2D eigenvalue weighted by Gasteiger charge is -2.39. The van der Waals surface area contributed by atoms with Crippen molar-refractivity contribution in [3.05, 3.63) is 16.1 Å². The third kappa shape index (κ3) is 3.25. The maximum absolute atomic E-state index is 6.19. The molecule has 2 rings (SSSR count). The lowest BCUT2D eigenvalue weighted by Crippen LogP contribution is -2.39. The van der Waals surface area contributed by atoms with E-state index in [1.54, 1.807) is 6.07 Å². The highest BCUT2D eigenvalue weighted by Crippen LogP contribution is 2.38. The average Bonchev–Trinajstić information content (AvgIpc) is 2.34. The SMILES string of the molecule is CC1(C)CCCCC1Nc1nc(NN)c(Cl)cc1Cl. The number of rotatable bonds is 3. The quantitative estimate of drug-likeness (QED) is 0.582. The molecule has 1 fully saturated rings. The first-order chi connectivity index (χ1) is 8.94. The van der Waals surface area contributed by atoms with Gasteiger partial charge in [-0.15, -0.1) is 0 Å². The van der Waals surface area contributed by atoms with Gasteiger partial charge >= 0.3 is 0 Å². The summed E-state index contributed by atoms with van der Waals surface area (Å²) >= 11 is 12.2. The zero-order chi connectivity index (χ0) is 14.0. The number of pyridine rings is 1. The number of aromatic nitrogens is 1. The molecule has 1 aromatic rings. The molecule has 1 aliphatic rings. The van der Waals surface area contributed by atoms with Crippen molar-refractivity contribution in [3.63, 3.8) is 0 Å². The summed E-state index contributed by atoms with van der Waals surface area (Å²) < 4.78 is 0. The van der Waals surface area contributed by atoms with Crippen molar-refractivity contribution in [2.24, 2.45) is 11.3 Å².